The average molecular weight is 403 g/mol. The number of aryl methyl sites for hydroxylation is 2. The largest absolute Gasteiger partial charge is 0.456 e. The van der Waals surface area contributed by atoms with E-state index in [9.17, 15) is 4.79 Å². The van der Waals surface area contributed by atoms with Crippen LogP contribution in [-0.2, 0) is 0 Å². The van der Waals surface area contributed by atoms with Gasteiger partial charge in [0.1, 0.15) is 11.5 Å². The Hall–Kier alpha value is -3.27. The minimum Gasteiger partial charge on any atom is -0.456 e. The molecule has 0 spiro atoms. The molecular weight excluding hydrogens is 372 g/mol. The first-order valence-electron chi connectivity index (χ1n) is 10.4. The van der Waals surface area contributed by atoms with E-state index in [0.717, 1.165) is 30.0 Å². The second-order valence-electron chi connectivity index (χ2n) is 7.54. The van der Waals surface area contributed by atoms with Gasteiger partial charge in [-0.25, -0.2) is 4.79 Å². The number of nitrogens with zero attached hydrogens (tertiary/aromatic N) is 1. The van der Waals surface area contributed by atoms with Crippen molar-refractivity contribution in [2.75, 3.05) is 11.9 Å². The van der Waals surface area contributed by atoms with Crippen LogP contribution >= 0.6 is 0 Å². The second-order valence-corrected chi connectivity index (χ2v) is 7.54. The van der Waals surface area contributed by atoms with E-state index in [1.54, 1.807) is 4.90 Å². The van der Waals surface area contributed by atoms with Crippen LogP contribution in [-0.4, -0.2) is 17.5 Å². The maximum atomic E-state index is 13.1. The highest BCUT2D eigenvalue weighted by molar-refractivity contribution is 5.90. The zero-order valence-corrected chi connectivity index (χ0v) is 18.2. The number of anilines is 1. The fourth-order valence-corrected chi connectivity index (χ4v) is 3.29. The highest BCUT2D eigenvalue weighted by atomic mass is 16.5. The number of rotatable bonds is 5. The minimum absolute atomic E-state index is 0.174. The number of urea groups is 1. The minimum atomic E-state index is -0.174. The van der Waals surface area contributed by atoms with Gasteiger partial charge in [0.2, 0.25) is 0 Å². The van der Waals surface area contributed by atoms with Crippen LogP contribution in [0, 0.1) is 13.8 Å². The summed E-state index contributed by atoms with van der Waals surface area (Å²) >= 11 is 0. The molecule has 0 radical (unpaired) electrons. The zero-order valence-electron chi connectivity index (χ0n) is 18.2. The third-order valence-electron chi connectivity index (χ3n) is 5.22. The summed E-state index contributed by atoms with van der Waals surface area (Å²) in [7, 11) is 0. The second kappa shape index (κ2) is 9.97. The van der Waals surface area contributed by atoms with Crippen molar-refractivity contribution in [1.82, 2.24) is 4.90 Å². The van der Waals surface area contributed by atoms with Crippen LogP contribution in [0.15, 0.2) is 83.8 Å². The van der Waals surface area contributed by atoms with E-state index in [-0.39, 0.29) is 6.03 Å². The molecule has 4 nitrogen and oxygen atoms in total. The number of carbonyl (C=O) groups excluding carboxylic acids is 1. The molecule has 2 aromatic carbocycles. The topological polar surface area (TPSA) is 41.6 Å². The van der Waals surface area contributed by atoms with E-state index in [1.165, 1.54) is 16.7 Å². The summed E-state index contributed by atoms with van der Waals surface area (Å²) in [6.45, 7) is 8.77. The molecule has 0 aliphatic heterocycles. The van der Waals surface area contributed by atoms with E-state index in [1.807, 2.05) is 55.5 Å². The lowest BCUT2D eigenvalue weighted by molar-refractivity contribution is 0.224. The molecule has 0 atom stereocenters. The monoisotopic (exact) mass is 402 g/mol. The Morgan fingerprint density at radius 2 is 1.77 bits per heavy atom. The SMILES string of the molecule is CCN(C(=O)Nc1ccccc1)C1=CC/C(C)=C\C/C=C\1Oc1ccc(C)c(C)c1. The lowest BCUT2D eigenvalue weighted by atomic mass is 10.1. The van der Waals surface area contributed by atoms with Gasteiger partial charge in [-0.3, -0.25) is 4.90 Å². The van der Waals surface area contributed by atoms with Gasteiger partial charge in [-0.2, -0.15) is 0 Å². The Kier molecular flexibility index (Phi) is 7.12. The van der Waals surface area contributed by atoms with Gasteiger partial charge >= 0.3 is 6.03 Å². The van der Waals surface area contributed by atoms with Crippen molar-refractivity contribution < 1.29 is 9.53 Å². The number of allylic oxidation sites excluding steroid dienone is 4. The molecular formula is C26H30N2O2. The van der Waals surface area contributed by atoms with Gasteiger partial charge in [-0.15, -0.1) is 0 Å². The molecule has 0 saturated heterocycles. The Labute approximate surface area is 179 Å². The van der Waals surface area contributed by atoms with E-state index < -0.39 is 0 Å². The van der Waals surface area contributed by atoms with Crippen LogP contribution in [0.1, 0.15) is 37.8 Å². The van der Waals surface area contributed by atoms with Gasteiger partial charge in [0.15, 0.2) is 0 Å². The number of para-hydroxylation sites is 1. The molecule has 0 unspecified atom stereocenters. The summed E-state index contributed by atoms with van der Waals surface area (Å²) in [5.41, 5.74) is 5.23. The number of hydrogen-bond acceptors (Lipinski definition) is 2. The summed E-state index contributed by atoms with van der Waals surface area (Å²) in [5, 5.41) is 2.99. The highest BCUT2D eigenvalue weighted by Crippen LogP contribution is 2.27. The zero-order chi connectivity index (χ0) is 21.5. The molecule has 0 bridgehead atoms. The number of ether oxygens (including phenoxy) is 1. The van der Waals surface area contributed by atoms with Gasteiger partial charge in [-0.05, 0) is 82.0 Å². The highest BCUT2D eigenvalue weighted by Gasteiger charge is 2.22. The Balaban J connectivity index is 1.91. The van der Waals surface area contributed by atoms with Crippen molar-refractivity contribution in [3.8, 4) is 5.75 Å². The molecule has 0 aromatic heterocycles. The fourth-order valence-electron chi connectivity index (χ4n) is 3.29. The number of carbonyl (C=O) groups is 1. The number of likely N-dealkylation sites (N-methyl/N-ethyl adjacent to an activating group) is 1. The summed E-state index contributed by atoms with van der Waals surface area (Å²) in [6.07, 6.45) is 7.85. The number of amides is 2. The molecule has 2 amide bonds. The van der Waals surface area contributed by atoms with Crippen LogP contribution in [0.5, 0.6) is 5.75 Å². The Morgan fingerprint density at radius 1 is 1.00 bits per heavy atom. The molecule has 156 valence electrons. The summed E-state index contributed by atoms with van der Waals surface area (Å²) in [6, 6.07) is 15.4. The molecule has 0 heterocycles. The van der Waals surface area contributed by atoms with Crippen LogP contribution in [0.4, 0.5) is 10.5 Å². The predicted molar refractivity (Wildman–Crippen MR) is 124 cm³/mol. The maximum Gasteiger partial charge on any atom is 0.326 e. The first kappa shape index (κ1) is 21.4. The van der Waals surface area contributed by atoms with E-state index >= 15 is 0 Å². The first-order valence-corrected chi connectivity index (χ1v) is 10.4. The van der Waals surface area contributed by atoms with Crippen molar-refractivity contribution in [3.05, 3.63) is 94.9 Å². The Morgan fingerprint density at radius 3 is 2.47 bits per heavy atom. The van der Waals surface area contributed by atoms with Gasteiger partial charge in [0.25, 0.3) is 0 Å². The van der Waals surface area contributed by atoms with Crippen molar-refractivity contribution in [1.29, 1.82) is 0 Å². The summed E-state index contributed by atoms with van der Waals surface area (Å²) < 4.78 is 6.30. The lowest BCUT2D eigenvalue weighted by Crippen LogP contribution is -2.35. The molecule has 4 heteroatoms. The normalized spacial score (nSPS) is 17.4. The lowest BCUT2D eigenvalue weighted by Gasteiger charge is -2.27. The third-order valence-corrected chi connectivity index (χ3v) is 5.22. The third kappa shape index (κ3) is 5.41. The summed E-state index contributed by atoms with van der Waals surface area (Å²) in [4.78, 5) is 14.8. The smallest absolute Gasteiger partial charge is 0.326 e. The summed E-state index contributed by atoms with van der Waals surface area (Å²) in [5.74, 6) is 1.48. The fraction of sp³-hybridized carbons (Fsp3) is 0.269. The van der Waals surface area contributed by atoms with Gasteiger partial charge in [0.05, 0.1) is 5.70 Å². The van der Waals surface area contributed by atoms with E-state index in [0.29, 0.717) is 12.3 Å². The Bertz CT molecular complexity index is 987. The van der Waals surface area contributed by atoms with Crippen molar-refractivity contribution in [2.45, 2.75) is 40.5 Å². The molecule has 3 rings (SSSR count). The number of nitrogens with one attached hydrogen (secondary N) is 1. The molecule has 30 heavy (non-hydrogen) atoms. The van der Waals surface area contributed by atoms with Gasteiger partial charge < -0.3 is 10.1 Å². The number of benzene rings is 2. The van der Waals surface area contributed by atoms with Crippen molar-refractivity contribution >= 4 is 11.7 Å². The van der Waals surface area contributed by atoms with Crippen molar-refractivity contribution in [3.63, 3.8) is 0 Å². The van der Waals surface area contributed by atoms with E-state index in [2.05, 4.69) is 44.3 Å². The average Bonchev–Trinajstić information content (AvgIpc) is 2.72. The molecule has 1 aliphatic rings. The van der Waals surface area contributed by atoms with Gasteiger partial charge in [0, 0.05) is 12.2 Å². The molecule has 1 N–H and O–H groups in total. The van der Waals surface area contributed by atoms with E-state index in [4.69, 9.17) is 4.74 Å². The molecule has 0 fully saturated rings. The molecule has 2 aromatic rings. The first-order chi connectivity index (χ1) is 14.5. The van der Waals surface area contributed by atoms with Crippen LogP contribution in [0.3, 0.4) is 0 Å². The number of hydrogen-bond donors (Lipinski definition) is 1. The van der Waals surface area contributed by atoms with Crippen molar-refractivity contribution in [2.24, 2.45) is 0 Å². The standard InChI is InChI=1S/C26H30N2O2/c1-5-28(26(29)27-22-11-7-6-8-12-22)24-17-14-19(2)10-9-13-25(24)30-23-16-15-20(3)21(4)18-23/h6-8,10-13,15-18H,5,9,14H2,1-4H3,(H,27,29)/b19-10-,24-17?,25-13+. The predicted octanol–water partition coefficient (Wildman–Crippen LogP) is 6.74. The van der Waals surface area contributed by atoms with Crippen LogP contribution in [0.2, 0.25) is 0 Å². The van der Waals surface area contributed by atoms with Crippen LogP contribution < -0.4 is 10.1 Å². The molecule has 1 aliphatic carbocycles. The van der Waals surface area contributed by atoms with Crippen LogP contribution in [0.25, 0.3) is 0 Å². The molecule has 0 saturated carbocycles. The maximum absolute atomic E-state index is 13.1. The van der Waals surface area contributed by atoms with Gasteiger partial charge in [-0.1, -0.05) is 42.0 Å². The quantitative estimate of drug-likeness (QED) is 0.562.